The average molecular weight is 426 g/mol. The molecule has 1 aromatic carbocycles. The number of allylic oxidation sites excluding steroid dienone is 1. The van der Waals surface area contributed by atoms with Crippen molar-refractivity contribution < 1.29 is 8.42 Å². The molecule has 2 aromatic heterocycles. The van der Waals surface area contributed by atoms with Crippen molar-refractivity contribution in [3.05, 3.63) is 81.7 Å². The molecule has 5 nitrogen and oxygen atoms in total. The summed E-state index contributed by atoms with van der Waals surface area (Å²) in [4.78, 5) is 3.92. The molecule has 0 aliphatic rings. The summed E-state index contributed by atoms with van der Waals surface area (Å²) in [5, 5.41) is 9.93. The Hall–Kier alpha value is -2.88. The molecule has 0 saturated heterocycles. The standard InChI is InChI=1S/C22H20ClN3O2S/c1-15(2)21-13-17(16(3)26(21)20-10-7-11-25-22(20)23)12-19(14-24)29(27,28)18-8-5-4-6-9-18/h4-13,15H,1-3H3/b19-12+. The molecule has 0 bridgehead atoms. The molecule has 0 spiro atoms. The molecule has 0 atom stereocenters. The third-order valence-corrected chi connectivity index (χ3v) is 6.60. The number of hydrogen-bond acceptors (Lipinski definition) is 4. The molecule has 0 fully saturated rings. The summed E-state index contributed by atoms with van der Waals surface area (Å²) in [5.74, 6) is 0.142. The van der Waals surface area contributed by atoms with Gasteiger partial charge in [0.2, 0.25) is 9.84 Å². The molecule has 148 valence electrons. The molecular weight excluding hydrogens is 406 g/mol. The van der Waals surface area contributed by atoms with Crippen molar-refractivity contribution in [3.63, 3.8) is 0 Å². The molecule has 2 heterocycles. The summed E-state index contributed by atoms with van der Waals surface area (Å²) in [6, 6.07) is 15.3. The van der Waals surface area contributed by atoms with E-state index in [-0.39, 0.29) is 15.7 Å². The fourth-order valence-electron chi connectivity index (χ4n) is 3.12. The second-order valence-corrected chi connectivity index (χ2v) is 9.13. The summed E-state index contributed by atoms with van der Waals surface area (Å²) in [6.45, 7) is 5.94. The van der Waals surface area contributed by atoms with Crippen LogP contribution in [0.1, 0.15) is 36.7 Å². The highest BCUT2D eigenvalue weighted by atomic mass is 35.5. The van der Waals surface area contributed by atoms with Crippen molar-refractivity contribution >= 4 is 27.5 Å². The topological polar surface area (TPSA) is 75.8 Å². The van der Waals surface area contributed by atoms with Gasteiger partial charge in [0.15, 0.2) is 5.15 Å². The highest BCUT2D eigenvalue weighted by molar-refractivity contribution is 7.95. The Bertz CT molecular complexity index is 1220. The number of hydrogen-bond donors (Lipinski definition) is 0. The van der Waals surface area contributed by atoms with E-state index in [1.165, 1.54) is 18.2 Å². The molecule has 0 radical (unpaired) electrons. The normalized spacial score (nSPS) is 12.2. The van der Waals surface area contributed by atoms with Crippen LogP contribution in [-0.4, -0.2) is 18.0 Å². The minimum absolute atomic E-state index is 0.0873. The van der Waals surface area contributed by atoms with E-state index in [9.17, 15) is 13.7 Å². The van der Waals surface area contributed by atoms with Gasteiger partial charge in [-0.3, -0.25) is 0 Å². The van der Waals surface area contributed by atoms with Gasteiger partial charge < -0.3 is 4.57 Å². The van der Waals surface area contributed by atoms with Gasteiger partial charge in [-0.05, 0) is 54.8 Å². The summed E-state index contributed by atoms with van der Waals surface area (Å²) in [6.07, 6.45) is 3.03. The predicted octanol–water partition coefficient (Wildman–Crippen LogP) is 5.30. The summed E-state index contributed by atoms with van der Waals surface area (Å²) >= 11 is 6.31. The van der Waals surface area contributed by atoms with Crippen LogP contribution >= 0.6 is 11.6 Å². The van der Waals surface area contributed by atoms with Gasteiger partial charge in [0.25, 0.3) is 0 Å². The predicted molar refractivity (Wildman–Crippen MR) is 115 cm³/mol. The smallest absolute Gasteiger partial charge is 0.216 e. The third kappa shape index (κ3) is 3.98. The molecular formula is C22H20ClN3O2S. The second kappa shape index (κ2) is 8.24. The third-order valence-electron chi connectivity index (χ3n) is 4.63. The SMILES string of the molecule is Cc1c(/C=C(\C#N)S(=O)(=O)c2ccccc2)cc(C(C)C)n1-c1cccnc1Cl. The molecule has 0 unspecified atom stereocenters. The Labute approximate surface area is 175 Å². The molecule has 0 amide bonds. The van der Waals surface area contributed by atoms with Gasteiger partial charge in [0.1, 0.15) is 11.0 Å². The largest absolute Gasteiger partial charge is 0.315 e. The molecule has 29 heavy (non-hydrogen) atoms. The van der Waals surface area contributed by atoms with E-state index in [1.54, 1.807) is 30.5 Å². The maximum atomic E-state index is 12.9. The number of sulfone groups is 1. The lowest BCUT2D eigenvalue weighted by atomic mass is 10.1. The maximum Gasteiger partial charge on any atom is 0.216 e. The van der Waals surface area contributed by atoms with Crippen LogP contribution in [0.3, 0.4) is 0 Å². The van der Waals surface area contributed by atoms with Crippen molar-refractivity contribution in [2.45, 2.75) is 31.6 Å². The van der Waals surface area contributed by atoms with E-state index in [4.69, 9.17) is 11.6 Å². The fourth-order valence-corrected chi connectivity index (χ4v) is 4.50. The zero-order chi connectivity index (χ0) is 21.2. The van der Waals surface area contributed by atoms with Gasteiger partial charge in [-0.15, -0.1) is 0 Å². The quantitative estimate of drug-likeness (QED) is 0.410. The van der Waals surface area contributed by atoms with E-state index < -0.39 is 9.84 Å². The van der Waals surface area contributed by atoms with Crippen LogP contribution in [0.4, 0.5) is 0 Å². The van der Waals surface area contributed by atoms with Gasteiger partial charge in [0.05, 0.1) is 10.6 Å². The summed E-state index contributed by atoms with van der Waals surface area (Å²) in [7, 11) is -3.91. The van der Waals surface area contributed by atoms with Crippen molar-refractivity contribution in [1.29, 1.82) is 5.26 Å². The molecule has 7 heteroatoms. The monoisotopic (exact) mass is 425 g/mol. The number of nitrogens with zero attached hydrogens (tertiary/aromatic N) is 3. The molecule has 0 aliphatic carbocycles. The second-order valence-electron chi connectivity index (χ2n) is 6.85. The number of rotatable bonds is 5. The Morgan fingerprint density at radius 3 is 2.48 bits per heavy atom. The summed E-state index contributed by atoms with van der Waals surface area (Å²) in [5.41, 5.74) is 3.07. The first-order chi connectivity index (χ1) is 13.8. The molecule has 0 saturated carbocycles. The fraction of sp³-hybridized carbons (Fsp3) is 0.182. The lowest BCUT2D eigenvalue weighted by molar-refractivity contribution is 0.603. The maximum absolute atomic E-state index is 12.9. The highest BCUT2D eigenvalue weighted by Crippen LogP contribution is 2.31. The molecule has 0 N–H and O–H groups in total. The number of halogens is 1. The Kier molecular flexibility index (Phi) is 5.92. The van der Waals surface area contributed by atoms with E-state index in [0.717, 1.165) is 11.4 Å². The number of nitriles is 1. The minimum Gasteiger partial charge on any atom is -0.315 e. The van der Waals surface area contributed by atoms with Gasteiger partial charge in [-0.1, -0.05) is 43.6 Å². The number of benzene rings is 1. The Balaban J connectivity index is 2.21. The lowest BCUT2D eigenvalue weighted by Gasteiger charge is -2.15. The molecule has 3 aromatic rings. The van der Waals surface area contributed by atoms with Crippen LogP contribution in [0.5, 0.6) is 0 Å². The average Bonchev–Trinajstić information content (AvgIpc) is 3.03. The van der Waals surface area contributed by atoms with Crippen LogP contribution in [0.15, 0.2) is 64.5 Å². The zero-order valence-corrected chi connectivity index (χ0v) is 17.9. The first-order valence-corrected chi connectivity index (χ1v) is 10.9. The van der Waals surface area contributed by atoms with Gasteiger partial charge in [0, 0.05) is 17.6 Å². The van der Waals surface area contributed by atoms with Crippen LogP contribution in [0.25, 0.3) is 11.8 Å². The van der Waals surface area contributed by atoms with Crippen molar-refractivity contribution in [3.8, 4) is 11.8 Å². The Morgan fingerprint density at radius 1 is 1.21 bits per heavy atom. The number of pyridine rings is 1. The molecule has 0 aliphatic heterocycles. The first kappa shape index (κ1) is 20.8. The van der Waals surface area contributed by atoms with Gasteiger partial charge in [-0.2, -0.15) is 5.26 Å². The van der Waals surface area contributed by atoms with E-state index >= 15 is 0 Å². The van der Waals surface area contributed by atoms with Crippen molar-refractivity contribution in [2.24, 2.45) is 0 Å². The highest BCUT2D eigenvalue weighted by Gasteiger charge is 2.23. The Morgan fingerprint density at radius 2 is 1.90 bits per heavy atom. The van der Waals surface area contributed by atoms with Crippen LogP contribution in [-0.2, 0) is 9.84 Å². The zero-order valence-electron chi connectivity index (χ0n) is 16.3. The minimum atomic E-state index is -3.91. The van der Waals surface area contributed by atoms with E-state index in [1.807, 2.05) is 43.5 Å². The van der Waals surface area contributed by atoms with Crippen LogP contribution < -0.4 is 0 Å². The van der Waals surface area contributed by atoms with E-state index in [0.29, 0.717) is 16.4 Å². The van der Waals surface area contributed by atoms with Crippen molar-refractivity contribution in [1.82, 2.24) is 9.55 Å². The van der Waals surface area contributed by atoms with Crippen LogP contribution in [0.2, 0.25) is 5.15 Å². The molecule has 3 rings (SSSR count). The van der Waals surface area contributed by atoms with Gasteiger partial charge >= 0.3 is 0 Å². The summed E-state index contributed by atoms with van der Waals surface area (Å²) < 4.78 is 27.8. The lowest BCUT2D eigenvalue weighted by Crippen LogP contribution is -2.05. The van der Waals surface area contributed by atoms with E-state index in [2.05, 4.69) is 4.98 Å². The van der Waals surface area contributed by atoms with Crippen molar-refractivity contribution in [2.75, 3.05) is 0 Å². The first-order valence-electron chi connectivity index (χ1n) is 9.02. The van der Waals surface area contributed by atoms with Crippen LogP contribution in [0, 0.1) is 18.3 Å². The van der Waals surface area contributed by atoms with Gasteiger partial charge in [-0.25, -0.2) is 13.4 Å². The number of aromatic nitrogens is 2.